The van der Waals surface area contributed by atoms with Gasteiger partial charge in [-0.15, -0.1) is 0 Å². The summed E-state index contributed by atoms with van der Waals surface area (Å²) in [5, 5.41) is 24.0. The molecule has 0 saturated heterocycles. The van der Waals surface area contributed by atoms with Gasteiger partial charge in [0.1, 0.15) is 5.75 Å². The lowest BCUT2D eigenvalue weighted by Gasteiger charge is -2.26. The number of benzene rings is 6. The van der Waals surface area contributed by atoms with Gasteiger partial charge in [0.25, 0.3) is 0 Å². The fraction of sp³-hybridized carbons (Fsp3) is 0.0500. The van der Waals surface area contributed by atoms with E-state index in [1.807, 2.05) is 60.7 Å². The summed E-state index contributed by atoms with van der Waals surface area (Å²) < 4.78 is 0. The average Bonchev–Trinajstić information content (AvgIpc) is 3.09. The minimum Gasteiger partial charge on any atom is -0.507 e. The molecule has 6 aromatic carbocycles. The number of phenolic OH excluding ortho intramolecular Hbond substituents is 1. The van der Waals surface area contributed by atoms with Gasteiger partial charge in [-0.2, -0.15) is 0 Å². The highest BCUT2D eigenvalue weighted by Gasteiger charge is 2.21. The third kappa shape index (κ3) is 6.98. The van der Waals surface area contributed by atoms with Gasteiger partial charge in [-0.1, -0.05) is 91.0 Å². The molecule has 6 nitrogen and oxygen atoms in total. The van der Waals surface area contributed by atoms with Crippen LogP contribution in [0.1, 0.15) is 43.0 Å². The van der Waals surface area contributed by atoms with Crippen molar-refractivity contribution >= 4 is 34.5 Å². The van der Waals surface area contributed by atoms with Gasteiger partial charge in [-0.25, -0.2) is 4.79 Å². The Labute approximate surface area is 267 Å². The van der Waals surface area contributed by atoms with Gasteiger partial charge in [0, 0.05) is 40.9 Å². The zero-order chi connectivity index (χ0) is 31.9. The van der Waals surface area contributed by atoms with E-state index in [0.717, 1.165) is 29.0 Å². The van der Waals surface area contributed by atoms with Crippen LogP contribution in [-0.4, -0.2) is 22.0 Å². The molecule has 3 N–H and O–H groups in total. The topological polar surface area (TPSA) is 89.9 Å². The predicted molar refractivity (Wildman–Crippen MR) is 183 cm³/mol. The van der Waals surface area contributed by atoms with Crippen LogP contribution >= 0.6 is 0 Å². The van der Waals surface area contributed by atoms with Crippen molar-refractivity contribution in [2.24, 2.45) is 0 Å². The normalized spacial score (nSPS) is 10.7. The first kappa shape index (κ1) is 29.9. The van der Waals surface area contributed by atoms with Crippen LogP contribution in [0.4, 0.5) is 22.7 Å². The Balaban J connectivity index is 1.23. The Kier molecular flexibility index (Phi) is 8.88. The lowest BCUT2D eigenvalue weighted by atomic mass is 9.97. The zero-order valence-electron chi connectivity index (χ0n) is 25.0. The van der Waals surface area contributed by atoms with E-state index in [9.17, 15) is 19.8 Å². The summed E-state index contributed by atoms with van der Waals surface area (Å²) >= 11 is 0. The second-order valence-electron chi connectivity index (χ2n) is 11.0. The lowest BCUT2D eigenvalue weighted by Crippen LogP contribution is -2.17. The number of carboxylic acids is 1. The number of aromatic hydroxyl groups is 1. The van der Waals surface area contributed by atoms with Crippen molar-refractivity contribution in [3.05, 3.63) is 185 Å². The van der Waals surface area contributed by atoms with E-state index in [1.165, 1.54) is 23.3 Å². The van der Waals surface area contributed by atoms with Gasteiger partial charge in [0.2, 0.25) is 0 Å². The van der Waals surface area contributed by atoms with E-state index in [1.54, 1.807) is 30.3 Å². The highest BCUT2D eigenvalue weighted by molar-refractivity contribution is 6.15. The molecule has 0 radical (unpaired) electrons. The van der Waals surface area contributed by atoms with Crippen LogP contribution < -0.4 is 10.2 Å². The second-order valence-corrected chi connectivity index (χ2v) is 11.0. The molecule has 0 atom stereocenters. The third-order valence-electron chi connectivity index (χ3n) is 7.80. The molecule has 0 aliphatic rings. The van der Waals surface area contributed by atoms with Gasteiger partial charge in [-0.3, -0.25) is 4.79 Å². The number of ketones is 1. The first-order valence-corrected chi connectivity index (χ1v) is 15.0. The van der Waals surface area contributed by atoms with Crippen molar-refractivity contribution in [1.29, 1.82) is 0 Å². The number of nitrogens with zero attached hydrogens (tertiary/aromatic N) is 1. The molecule has 0 unspecified atom stereocenters. The van der Waals surface area contributed by atoms with Crippen molar-refractivity contribution in [2.45, 2.75) is 13.0 Å². The average molecular weight is 605 g/mol. The Morgan fingerprint density at radius 1 is 0.543 bits per heavy atom. The Hall–Kier alpha value is -6.14. The zero-order valence-corrected chi connectivity index (χ0v) is 25.0. The number of phenols is 1. The van der Waals surface area contributed by atoms with E-state index in [2.05, 4.69) is 58.7 Å². The third-order valence-corrected chi connectivity index (χ3v) is 7.80. The van der Waals surface area contributed by atoms with Crippen molar-refractivity contribution in [2.75, 3.05) is 10.2 Å². The number of carbonyl (C=O) groups excluding carboxylic acids is 1. The van der Waals surface area contributed by atoms with Crippen molar-refractivity contribution < 1.29 is 19.8 Å². The number of hydrogen-bond acceptors (Lipinski definition) is 5. The molecule has 0 aliphatic heterocycles. The second kappa shape index (κ2) is 13.7. The maximum Gasteiger partial charge on any atom is 0.336 e. The van der Waals surface area contributed by atoms with Crippen LogP contribution in [0.2, 0.25) is 0 Å². The molecule has 6 aromatic rings. The SMILES string of the molecule is O=C(O)c1ccccc1C(=O)c1ccc(N(Cc2ccccc2)c2ccc(Nc3ccc(Cc4ccccc4)cc3)cc2)cc1O. The molecule has 0 saturated carbocycles. The summed E-state index contributed by atoms with van der Waals surface area (Å²) in [6.07, 6.45) is 0.882. The van der Waals surface area contributed by atoms with E-state index in [0.29, 0.717) is 12.2 Å². The summed E-state index contributed by atoms with van der Waals surface area (Å²) in [4.78, 5) is 27.0. The Morgan fingerprint density at radius 3 is 1.67 bits per heavy atom. The number of carbonyl (C=O) groups is 2. The fourth-order valence-electron chi connectivity index (χ4n) is 5.42. The van der Waals surface area contributed by atoms with Gasteiger partial charge in [0.15, 0.2) is 5.78 Å². The molecular formula is C40H32N2O4. The molecule has 0 fully saturated rings. The summed E-state index contributed by atoms with van der Waals surface area (Å²) in [7, 11) is 0. The predicted octanol–water partition coefficient (Wildman–Crippen LogP) is 8.99. The van der Waals surface area contributed by atoms with Crippen LogP contribution in [0.15, 0.2) is 152 Å². The highest BCUT2D eigenvalue weighted by Crippen LogP contribution is 2.34. The summed E-state index contributed by atoms with van der Waals surface area (Å²) in [6, 6.07) is 47.7. The Bertz CT molecular complexity index is 1960. The quantitative estimate of drug-likeness (QED) is 0.128. The molecule has 0 aromatic heterocycles. The van der Waals surface area contributed by atoms with Crippen molar-refractivity contribution in [3.63, 3.8) is 0 Å². The summed E-state index contributed by atoms with van der Waals surface area (Å²) in [6.45, 7) is 0.519. The number of rotatable bonds is 11. The standard InChI is InChI=1S/C40H32N2O4/c43-38-26-34(23-24-37(38)39(44)35-13-7-8-14-36(35)40(45)46)42(27-30-11-5-2-6-12-30)33-21-19-32(20-22-33)41-31-17-15-29(16-18-31)25-28-9-3-1-4-10-28/h1-24,26,41,43H,25,27H2,(H,45,46). The molecule has 0 spiro atoms. The van der Waals surface area contributed by atoms with Gasteiger partial charge >= 0.3 is 5.97 Å². The molecule has 226 valence electrons. The van der Waals surface area contributed by atoms with Crippen LogP contribution in [0.5, 0.6) is 5.75 Å². The van der Waals surface area contributed by atoms with E-state index < -0.39 is 11.8 Å². The van der Waals surface area contributed by atoms with Crippen LogP contribution in [0.25, 0.3) is 0 Å². The molecule has 0 bridgehead atoms. The smallest absolute Gasteiger partial charge is 0.336 e. The number of anilines is 4. The van der Waals surface area contributed by atoms with Crippen molar-refractivity contribution in [1.82, 2.24) is 0 Å². The minimum atomic E-state index is -1.20. The largest absolute Gasteiger partial charge is 0.507 e. The summed E-state index contributed by atoms with van der Waals surface area (Å²) in [5.41, 5.74) is 7.01. The molecule has 0 amide bonds. The highest BCUT2D eigenvalue weighted by atomic mass is 16.4. The fourth-order valence-corrected chi connectivity index (χ4v) is 5.42. The monoisotopic (exact) mass is 604 g/mol. The molecule has 0 heterocycles. The van der Waals surface area contributed by atoms with Crippen LogP contribution in [0.3, 0.4) is 0 Å². The van der Waals surface area contributed by atoms with Gasteiger partial charge < -0.3 is 20.4 Å². The Morgan fingerprint density at radius 2 is 1.07 bits per heavy atom. The van der Waals surface area contributed by atoms with Crippen molar-refractivity contribution in [3.8, 4) is 5.75 Å². The number of hydrogen-bond donors (Lipinski definition) is 3. The van der Waals surface area contributed by atoms with E-state index >= 15 is 0 Å². The first-order valence-electron chi connectivity index (χ1n) is 15.0. The molecule has 0 aliphatic carbocycles. The maximum atomic E-state index is 13.3. The number of aromatic carboxylic acids is 1. The van der Waals surface area contributed by atoms with E-state index in [4.69, 9.17) is 0 Å². The first-order chi connectivity index (χ1) is 22.4. The maximum absolute atomic E-state index is 13.3. The summed E-state index contributed by atoms with van der Waals surface area (Å²) in [5.74, 6) is -1.98. The van der Waals surface area contributed by atoms with E-state index in [-0.39, 0.29) is 22.4 Å². The molecule has 6 rings (SSSR count). The lowest BCUT2D eigenvalue weighted by molar-refractivity contribution is 0.0692. The van der Waals surface area contributed by atoms with Gasteiger partial charge in [-0.05, 0) is 77.7 Å². The number of nitrogens with one attached hydrogen (secondary N) is 1. The van der Waals surface area contributed by atoms with Crippen LogP contribution in [0, 0.1) is 0 Å². The molecule has 46 heavy (non-hydrogen) atoms. The van der Waals surface area contributed by atoms with Crippen LogP contribution in [-0.2, 0) is 13.0 Å². The number of carboxylic acid groups (broad SMARTS) is 1. The molecule has 6 heteroatoms. The van der Waals surface area contributed by atoms with Gasteiger partial charge in [0.05, 0.1) is 11.1 Å². The molecular weight excluding hydrogens is 572 g/mol. The minimum absolute atomic E-state index is 0.0214.